The maximum atomic E-state index is 12.3. The van der Waals surface area contributed by atoms with Crippen LogP contribution >= 0.6 is 11.6 Å². The van der Waals surface area contributed by atoms with Crippen LogP contribution in [0.1, 0.15) is 20.7 Å². The zero-order valence-corrected chi connectivity index (χ0v) is 16.2. The van der Waals surface area contributed by atoms with E-state index in [-0.39, 0.29) is 5.56 Å². The quantitative estimate of drug-likeness (QED) is 0.496. The third-order valence-electron chi connectivity index (χ3n) is 4.07. The molecule has 3 rings (SSSR count). The standard InChI is InChI=1S/C21H17ClN2O5/c1-28-18-10-9-14(22)11-17(18)20(26)24-23-19(25)12-29-21(27)16-8-4-6-13-5-2-3-7-15(13)16/h2-11H,12H2,1H3,(H,23,25)(H,24,26). The van der Waals surface area contributed by atoms with Crippen molar-refractivity contribution in [2.75, 3.05) is 13.7 Å². The number of methoxy groups -OCH3 is 1. The Morgan fingerprint density at radius 3 is 2.48 bits per heavy atom. The van der Waals surface area contributed by atoms with Crippen molar-refractivity contribution in [3.8, 4) is 5.75 Å². The van der Waals surface area contributed by atoms with E-state index in [1.165, 1.54) is 19.2 Å². The van der Waals surface area contributed by atoms with E-state index in [4.69, 9.17) is 21.1 Å². The first kappa shape index (κ1) is 20.2. The number of hydrazine groups is 1. The van der Waals surface area contributed by atoms with Gasteiger partial charge in [-0.3, -0.25) is 20.4 Å². The summed E-state index contributed by atoms with van der Waals surface area (Å²) in [5.74, 6) is -1.67. The number of rotatable bonds is 5. The number of esters is 1. The van der Waals surface area contributed by atoms with Gasteiger partial charge in [0, 0.05) is 5.02 Å². The van der Waals surface area contributed by atoms with Gasteiger partial charge in [0.15, 0.2) is 6.61 Å². The van der Waals surface area contributed by atoms with E-state index in [9.17, 15) is 14.4 Å². The molecule has 0 aliphatic carbocycles. The van der Waals surface area contributed by atoms with E-state index < -0.39 is 24.4 Å². The molecular weight excluding hydrogens is 396 g/mol. The molecule has 7 nitrogen and oxygen atoms in total. The van der Waals surface area contributed by atoms with Gasteiger partial charge < -0.3 is 9.47 Å². The van der Waals surface area contributed by atoms with E-state index in [0.29, 0.717) is 16.3 Å². The summed E-state index contributed by atoms with van der Waals surface area (Å²) in [6, 6.07) is 17.1. The lowest BCUT2D eigenvalue weighted by Gasteiger charge is -2.11. The number of hydrogen-bond acceptors (Lipinski definition) is 5. The molecule has 0 aromatic heterocycles. The maximum Gasteiger partial charge on any atom is 0.339 e. The predicted molar refractivity (Wildman–Crippen MR) is 108 cm³/mol. The molecule has 0 aliphatic heterocycles. The summed E-state index contributed by atoms with van der Waals surface area (Å²) in [6.45, 7) is -0.561. The van der Waals surface area contributed by atoms with Crippen LogP contribution in [-0.2, 0) is 9.53 Å². The minimum Gasteiger partial charge on any atom is -0.496 e. The first-order valence-corrected chi connectivity index (χ1v) is 8.95. The molecule has 0 saturated heterocycles. The Morgan fingerprint density at radius 1 is 0.931 bits per heavy atom. The highest BCUT2D eigenvalue weighted by atomic mass is 35.5. The molecule has 0 fully saturated rings. The monoisotopic (exact) mass is 412 g/mol. The molecule has 3 aromatic rings. The van der Waals surface area contributed by atoms with Gasteiger partial charge in [0.1, 0.15) is 5.75 Å². The van der Waals surface area contributed by atoms with Crippen molar-refractivity contribution in [3.63, 3.8) is 0 Å². The van der Waals surface area contributed by atoms with Crippen LogP contribution in [0.5, 0.6) is 5.75 Å². The van der Waals surface area contributed by atoms with Crippen molar-refractivity contribution in [1.29, 1.82) is 0 Å². The average Bonchev–Trinajstić information content (AvgIpc) is 2.75. The second-order valence-corrected chi connectivity index (χ2v) is 6.39. The van der Waals surface area contributed by atoms with Crippen LogP contribution in [0.4, 0.5) is 0 Å². The second kappa shape index (κ2) is 9.07. The first-order chi connectivity index (χ1) is 14.0. The zero-order valence-electron chi connectivity index (χ0n) is 15.4. The molecule has 0 spiro atoms. The number of benzene rings is 3. The highest BCUT2D eigenvalue weighted by molar-refractivity contribution is 6.31. The topological polar surface area (TPSA) is 93.7 Å². The Kier molecular flexibility index (Phi) is 6.31. The fourth-order valence-electron chi connectivity index (χ4n) is 2.70. The lowest BCUT2D eigenvalue weighted by atomic mass is 10.1. The van der Waals surface area contributed by atoms with Crippen molar-refractivity contribution in [1.82, 2.24) is 10.9 Å². The number of hydrogen-bond donors (Lipinski definition) is 2. The molecule has 2 amide bonds. The molecule has 29 heavy (non-hydrogen) atoms. The van der Waals surface area contributed by atoms with Gasteiger partial charge in [0.25, 0.3) is 11.8 Å². The normalized spacial score (nSPS) is 10.3. The summed E-state index contributed by atoms with van der Waals surface area (Å²) in [4.78, 5) is 36.5. The molecule has 8 heteroatoms. The van der Waals surface area contributed by atoms with Crippen LogP contribution in [-0.4, -0.2) is 31.5 Å². The number of nitrogens with one attached hydrogen (secondary N) is 2. The Labute approximate surface area is 171 Å². The SMILES string of the molecule is COc1ccc(Cl)cc1C(=O)NNC(=O)COC(=O)c1cccc2ccccc12. The Balaban J connectivity index is 1.57. The molecule has 0 radical (unpaired) electrons. The summed E-state index contributed by atoms with van der Waals surface area (Å²) in [5.41, 5.74) is 4.90. The van der Waals surface area contributed by atoms with Gasteiger partial charge in [-0.05, 0) is 35.0 Å². The molecule has 0 aliphatic rings. The number of carbonyl (C=O) groups is 3. The minimum atomic E-state index is -0.701. The third-order valence-corrected chi connectivity index (χ3v) is 4.30. The smallest absolute Gasteiger partial charge is 0.339 e. The van der Waals surface area contributed by atoms with Gasteiger partial charge in [-0.15, -0.1) is 0 Å². The number of fused-ring (bicyclic) bond motifs is 1. The summed E-state index contributed by atoms with van der Waals surface area (Å²) >= 11 is 5.88. The highest BCUT2D eigenvalue weighted by Crippen LogP contribution is 2.22. The largest absolute Gasteiger partial charge is 0.496 e. The summed E-state index contributed by atoms with van der Waals surface area (Å²) < 4.78 is 10.1. The third kappa shape index (κ3) is 4.83. The van der Waals surface area contributed by atoms with Crippen LogP contribution in [0, 0.1) is 0 Å². The van der Waals surface area contributed by atoms with Crippen molar-refractivity contribution in [3.05, 3.63) is 76.8 Å². The maximum absolute atomic E-state index is 12.3. The van der Waals surface area contributed by atoms with Crippen molar-refractivity contribution in [2.45, 2.75) is 0 Å². The zero-order chi connectivity index (χ0) is 20.8. The molecule has 0 heterocycles. The fraction of sp³-hybridized carbons (Fsp3) is 0.0952. The van der Waals surface area contributed by atoms with E-state index in [0.717, 1.165) is 10.8 Å². The van der Waals surface area contributed by atoms with Crippen LogP contribution < -0.4 is 15.6 Å². The highest BCUT2D eigenvalue weighted by Gasteiger charge is 2.16. The predicted octanol–water partition coefficient (Wildman–Crippen LogP) is 3.12. The Bertz CT molecular complexity index is 1080. The molecule has 0 atom stereocenters. The molecular formula is C21H17ClN2O5. The lowest BCUT2D eigenvalue weighted by molar-refractivity contribution is -0.125. The number of carbonyl (C=O) groups excluding carboxylic acids is 3. The summed E-state index contributed by atoms with van der Waals surface area (Å²) in [6.07, 6.45) is 0. The van der Waals surface area contributed by atoms with Crippen molar-refractivity contribution in [2.24, 2.45) is 0 Å². The van der Waals surface area contributed by atoms with E-state index >= 15 is 0 Å². The Morgan fingerprint density at radius 2 is 1.69 bits per heavy atom. The van der Waals surface area contributed by atoms with Crippen LogP contribution in [0.3, 0.4) is 0 Å². The lowest BCUT2D eigenvalue weighted by Crippen LogP contribution is -2.43. The van der Waals surface area contributed by atoms with Crippen LogP contribution in [0.25, 0.3) is 10.8 Å². The molecule has 0 saturated carbocycles. The Hall–Kier alpha value is -3.58. The fourth-order valence-corrected chi connectivity index (χ4v) is 2.87. The van der Waals surface area contributed by atoms with Gasteiger partial charge in [-0.2, -0.15) is 0 Å². The van der Waals surface area contributed by atoms with Gasteiger partial charge in [-0.25, -0.2) is 4.79 Å². The van der Waals surface area contributed by atoms with E-state index in [2.05, 4.69) is 10.9 Å². The minimum absolute atomic E-state index is 0.146. The molecule has 0 unspecified atom stereocenters. The van der Waals surface area contributed by atoms with Gasteiger partial charge >= 0.3 is 5.97 Å². The summed E-state index contributed by atoms with van der Waals surface area (Å²) in [7, 11) is 1.41. The van der Waals surface area contributed by atoms with E-state index in [1.807, 2.05) is 24.3 Å². The second-order valence-electron chi connectivity index (χ2n) is 5.95. The van der Waals surface area contributed by atoms with E-state index in [1.54, 1.807) is 24.3 Å². The molecule has 2 N–H and O–H groups in total. The molecule has 148 valence electrons. The van der Waals surface area contributed by atoms with Crippen molar-refractivity contribution < 1.29 is 23.9 Å². The molecule has 0 bridgehead atoms. The van der Waals surface area contributed by atoms with Crippen LogP contribution in [0.2, 0.25) is 5.02 Å². The van der Waals surface area contributed by atoms with Gasteiger partial charge in [0.2, 0.25) is 0 Å². The van der Waals surface area contributed by atoms with Gasteiger partial charge in [0.05, 0.1) is 18.2 Å². The number of halogens is 1. The summed E-state index contributed by atoms with van der Waals surface area (Å²) in [5, 5.41) is 1.95. The van der Waals surface area contributed by atoms with Gasteiger partial charge in [-0.1, -0.05) is 48.0 Å². The van der Waals surface area contributed by atoms with Crippen LogP contribution in [0.15, 0.2) is 60.7 Å². The average molecular weight is 413 g/mol. The first-order valence-electron chi connectivity index (χ1n) is 8.57. The number of amides is 2. The number of ether oxygens (including phenoxy) is 2. The van der Waals surface area contributed by atoms with Crippen molar-refractivity contribution >= 4 is 40.2 Å². The molecule has 3 aromatic carbocycles.